The molecule has 1 aliphatic heterocycles. The van der Waals surface area contributed by atoms with Crippen LogP contribution in [0.3, 0.4) is 0 Å². The predicted molar refractivity (Wildman–Crippen MR) is 78.0 cm³/mol. The largest absolute Gasteiger partial charge is 0.341 e. The Morgan fingerprint density at radius 2 is 1.88 bits per heavy atom. The Hall–Kier alpha value is -1.10. The first-order valence-corrected chi connectivity index (χ1v) is 6.51. The molecule has 0 radical (unpaired) electrons. The van der Waals surface area contributed by atoms with Crippen molar-refractivity contribution >= 4 is 28.3 Å². The summed E-state index contributed by atoms with van der Waals surface area (Å²) in [5.74, 6) is -0.211. The fourth-order valence-corrected chi connectivity index (χ4v) is 2.32. The molecule has 0 spiro atoms. The molecule has 1 aliphatic rings. The summed E-state index contributed by atoms with van der Waals surface area (Å²) in [6.07, 6.45) is 4.08. The summed E-state index contributed by atoms with van der Waals surface area (Å²) in [6.45, 7) is 7.01. The van der Waals surface area contributed by atoms with Gasteiger partial charge in [-0.1, -0.05) is 6.58 Å². The van der Waals surface area contributed by atoms with Gasteiger partial charge in [-0.3, -0.25) is 0 Å². The van der Waals surface area contributed by atoms with Gasteiger partial charge in [0.05, 0.1) is 0 Å². The van der Waals surface area contributed by atoms with Gasteiger partial charge in [0, 0.05) is 21.5 Å². The summed E-state index contributed by atoms with van der Waals surface area (Å²) < 4.78 is 14.0. The van der Waals surface area contributed by atoms with E-state index >= 15 is 0 Å². The molecule has 88 valence electrons. The van der Waals surface area contributed by atoms with E-state index in [1.807, 2.05) is 12.2 Å². The minimum Gasteiger partial charge on any atom is -0.341 e. The molecule has 0 saturated heterocycles. The maximum atomic E-state index is 12.9. The number of halogens is 2. The number of rotatable bonds is 2. The summed E-state index contributed by atoms with van der Waals surface area (Å²) >= 11 is 2.27. The van der Waals surface area contributed by atoms with E-state index in [4.69, 9.17) is 0 Å². The SMILES string of the molecule is C=C1C(I)=CC=C(c2ccc(F)cc2)N1CC. The molecule has 0 N–H and O–H groups in total. The average Bonchev–Trinajstić information content (AvgIpc) is 2.34. The number of hydrogen-bond acceptors (Lipinski definition) is 1. The quantitative estimate of drug-likeness (QED) is 0.724. The number of benzene rings is 1. The van der Waals surface area contributed by atoms with Crippen LogP contribution in [0, 0.1) is 5.82 Å². The van der Waals surface area contributed by atoms with E-state index in [0.717, 1.165) is 27.1 Å². The highest BCUT2D eigenvalue weighted by molar-refractivity contribution is 14.1. The van der Waals surface area contributed by atoms with Crippen LogP contribution in [-0.2, 0) is 0 Å². The molecule has 0 bridgehead atoms. The summed E-state index contributed by atoms with van der Waals surface area (Å²) in [5, 5.41) is 0. The molecule has 0 unspecified atom stereocenters. The molecule has 17 heavy (non-hydrogen) atoms. The molecular weight excluding hydrogens is 328 g/mol. The van der Waals surface area contributed by atoms with Crippen molar-refractivity contribution in [2.24, 2.45) is 0 Å². The van der Waals surface area contributed by atoms with E-state index in [0.29, 0.717) is 0 Å². The van der Waals surface area contributed by atoms with Crippen LogP contribution in [0.4, 0.5) is 4.39 Å². The Morgan fingerprint density at radius 1 is 1.24 bits per heavy atom. The van der Waals surface area contributed by atoms with E-state index in [1.165, 1.54) is 12.1 Å². The Kier molecular flexibility index (Phi) is 3.66. The molecule has 0 aliphatic carbocycles. The smallest absolute Gasteiger partial charge is 0.123 e. The number of nitrogens with zero attached hydrogens (tertiary/aromatic N) is 1. The summed E-state index contributed by atoms with van der Waals surface area (Å²) in [4.78, 5) is 2.13. The number of hydrogen-bond donors (Lipinski definition) is 0. The summed E-state index contributed by atoms with van der Waals surface area (Å²) in [6, 6.07) is 6.55. The molecule has 2 rings (SSSR count). The van der Waals surface area contributed by atoms with Gasteiger partial charge in [0.25, 0.3) is 0 Å². The van der Waals surface area contributed by atoms with E-state index in [1.54, 1.807) is 12.1 Å². The molecule has 0 amide bonds. The number of allylic oxidation sites excluding steroid dienone is 3. The molecule has 0 fully saturated rings. The maximum Gasteiger partial charge on any atom is 0.123 e. The lowest BCUT2D eigenvalue weighted by atomic mass is 10.1. The van der Waals surface area contributed by atoms with Crippen LogP contribution in [0.2, 0.25) is 0 Å². The first-order valence-electron chi connectivity index (χ1n) is 5.43. The van der Waals surface area contributed by atoms with Gasteiger partial charge in [-0.2, -0.15) is 0 Å². The van der Waals surface area contributed by atoms with Crippen molar-refractivity contribution in [2.45, 2.75) is 6.92 Å². The maximum absolute atomic E-state index is 12.9. The zero-order valence-electron chi connectivity index (χ0n) is 9.58. The second-order valence-corrected chi connectivity index (χ2v) is 4.93. The Bertz CT molecular complexity index is 499. The molecule has 3 heteroatoms. The van der Waals surface area contributed by atoms with Crippen molar-refractivity contribution in [3.63, 3.8) is 0 Å². The fraction of sp³-hybridized carbons (Fsp3) is 0.143. The van der Waals surface area contributed by atoms with Crippen LogP contribution in [0.5, 0.6) is 0 Å². The zero-order valence-corrected chi connectivity index (χ0v) is 11.7. The Balaban J connectivity index is 2.43. The highest BCUT2D eigenvalue weighted by Crippen LogP contribution is 2.33. The van der Waals surface area contributed by atoms with Crippen LogP contribution < -0.4 is 0 Å². The van der Waals surface area contributed by atoms with Crippen molar-refractivity contribution in [1.82, 2.24) is 4.90 Å². The van der Waals surface area contributed by atoms with Crippen molar-refractivity contribution in [1.29, 1.82) is 0 Å². The predicted octanol–water partition coefficient (Wildman–Crippen LogP) is 4.33. The van der Waals surface area contributed by atoms with Gasteiger partial charge in [-0.05, 0) is 71.5 Å². The van der Waals surface area contributed by atoms with Gasteiger partial charge in [-0.15, -0.1) is 0 Å². The molecule has 0 aromatic heterocycles. The van der Waals surface area contributed by atoms with Crippen molar-refractivity contribution < 1.29 is 4.39 Å². The van der Waals surface area contributed by atoms with Gasteiger partial charge in [0.1, 0.15) is 5.82 Å². The second-order valence-electron chi connectivity index (χ2n) is 3.76. The van der Waals surface area contributed by atoms with E-state index in [9.17, 15) is 4.39 Å². The van der Waals surface area contributed by atoms with E-state index in [2.05, 4.69) is 41.0 Å². The topological polar surface area (TPSA) is 3.24 Å². The lowest BCUT2D eigenvalue weighted by Gasteiger charge is -2.30. The van der Waals surface area contributed by atoms with Crippen LogP contribution in [0.25, 0.3) is 5.70 Å². The highest BCUT2D eigenvalue weighted by Gasteiger charge is 2.17. The standard InChI is InChI=1S/C14H13FIN/c1-3-17-10(2)13(16)8-9-14(17)11-4-6-12(15)7-5-11/h4-9H,2-3H2,1H3. The van der Waals surface area contributed by atoms with Gasteiger partial charge >= 0.3 is 0 Å². The first kappa shape index (κ1) is 12.4. The van der Waals surface area contributed by atoms with Crippen molar-refractivity contribution in [3.8, 4) is 0 Å². The molecule has 1 aromatic carbocycles. The van der Waals surface area contributed by atoms with Gasteiger partial charge in [0.15, 0.2) is 0 Å². The molecule has 0 saturated carbocycles. The number of likely N-dealkylation sites (N-methyl/N-ethyl adjacent to an activating group) is 1. The normalized spacial score (nSPS) is 15.7. The summed E-state index contributed by atoms with van der Waals surface area (Å²) in [5.41, 5.74) is 3.07. The third kappa shape index (κ3) is 2.44. The van der Waals surface area contributed by atoms with E-state index in [-0.39, 0.29) is 5.82 Å². The average molecular weight is 341 g/mol. The Morgan fingerprint density at radius 3 is 2.47 bits per heavy atom. The van der Waals surface area contributed by atoms with Crippen molar-refractivity contribution in [2.75, 3.05) is 6.54 Å². The minimum atomic E-state index is -0.211. The van der Waals surface area contributed by atoms with Gasteiger partial charge in [-0.25, -0.2) is 4.39 Å². The summed E-state index contributed by atoms with van der Waals surface area (Å²) in [7, 11) is 0. The van der Waals surface area contributed by atoms with Crippen LogP contribution in [-0.4, -0.2) is 11.4 Å². The molecular formula is C14H13FIN. The molecule has 1 aromatic rings. The minimum absolute atomic E-state index is 0.211. The van der Waals surface area contributed by atoms with Crippen LogP contribution in [0.15, 0.2) is 52.3 Å². The van der Waals surface area contributed by atoms with Crippen LogP contribution >= 0.6 is 22.6 Å². The monoisotopic (exact) mass is 341 g/mol. The lowest BCUT2D eigenvalue weighted by molar-refractivity contribution is 0.529. The third-order valence-electron chi connectivity index (χ3n) is 2.74. The Labute approximate surface area is 114 Å². The van der Waals surface area contributed by atoms with E-state index < -0.39 is 0 Å². The van der Waals surface area contributed by atoms with Gasteiger partial charge in [0.2, 0.25) is 0 Å². The zero-order chi connectivity index (χ0) is 12.4. The molecule has 1 nitrogen and oxygen atoms in total. The van der Waals surface area contributed by atoms with Crippen molar-refractivity contribution in [3.05, 3.63) is 63.7 Å². The lowest BCUT2D eigenvalue weighted by Crippen LogP contribution is -2.22. The fourth-order valence-electron chi connectivity index (χ4n) is 1.85. The third-order valence-corrected chi connectivity index (χ3v) is 3.72. The first-order chi connectivity index (χ1) is 8.13. The molecule has 1 heterocycles. The molecule has 0 atom stereocenters. The highest BCUT2D eigenvalue weighted by atomic mass is 127. The van der Waals surface area contributed by atoms with Gasteiger partial charge < -0.3 is 4.90 Å². The second kappa shape index (κ2) is 5.04. The van der Waals surface area contributed by atoms with Crippen LogP contribution in [0.1, 0.15) is 12.5 Å².